The van der Waals surface area contributed by atoms with Gasteiger partial charge >= 0.3 is 0 Å². The van der Waals surface area contributed by atoms with Crippen LogP contribution in [0.3, 0.4) is 0 Å². The van der Waals surface area contributed by atoms with Crippen molar-refractivity contribution in [2.75, 3.05) is 5.84 Å². The summed E-state index contributed by atoms with van der Waals surface area (Å²) in [5, 5.41) is 9.46. The van der Waals surface area contributed by atoms with Crippen LogP contribution in [0.15, 0.2) is 52.2 Å². The lowest BCUT2D eigenvalue weighted by atomic mass is 10.2. The summed E-state index contributed by atoms with van der Waals surface area (Å²) in [5.74, 6) is 7.82. The summed E-state index contributed by atoms with van der Waals surface area (Å²) in [6, 6.07) is 11.2. The van der Waals surface area contributed by atoms with E-state index in [0.29, 0.717) is 16.7 Å². The zero-order chi connectivity index (χ0) is 13.9. The molecule has 0 spiro atoms. The Kier molecular flexibility index (Phi) is 3.66. The van der Waals surface area contributed by atoms with Gasteiger partial charge in [0.25, 0.3) is 0 Å². The van der Waals surface area contributed by atoms with Crippen LogP contribution in [0.1, 0.15) is 5.56 Å². The van der Waals surface area contributed by atoms with Gasteiger partial charge in [-0.1, -0.05) is 35.5 Å². The summed E-state index contributed by atoms with van der Waals surface area (Å²) in [7, 11) is 0. The third-order valence-corrected chi connectivity index (χ3v) is 3.95. The second-order valence-corrected chi connectivity index (χ2v) is 5.45. The molecule has 0 unspecified atom stereocenters. The molecule has 0 amide bonds. The van der Waals surface area contributed by atoms with E-state index in [1.165, 1.54) is 16.4 Å². The predicted octanol–water partition coefficient (Wildman–Crippen LogP) is 3.20. The van der Waals surface area contributed by atoms with E-state index in [1.54, 1.807) is 18.4 Å². The van der Waals surface area contributed by atoms with E-state index in [4.69, 9.17) is 21.9 Å². The lowest BCUT2D eigenvalue weighted by molar-refractivity contribution is 0.574. The summed E-state index contributed by atoms with van der Waals surface area (Å²) in [6.07, 6.45) is 1.57. The molecular weight excluding hydrogens is 296 g/mol. The summed E-state index contributed by atoms with van der Waals surface area (Å²) < 4.78 is 6.69. The minimum Gasteiger partial charge on any atom is -0.461 e. The maximum atomic E-state index is 5.97. The average Bonchev–Trinajstić information content (AvgIpc) is 3.08. The summed E-state index contributed by atoms with van der Waals surface area (Å²) in [5.41, 5.74) is 1.14. The molecule has 0 saturated carbocycles. The number of hydrogen-bond donors (Lipinski definition) is 1. The molecule has 0 aliphatic carbocycles. The Labute approximate surface area is 124 Å². The van der Waals surface area contributed by atoms with E-state index in [9.17, 15) is 0 Å². The van der Waals surface area contributed by atoms with Crippen molar-refractivity contribution in [2.24, 2.45) is 0 Å². The molecule has 0 radical (unpaired) electrons. The molecule has 0 fully saturated rings. The molecule has 7 heteroatoms. The lowest BCUT2D eigenvalue weighted by Gasteiger charge is -2.02. The Morgan fingerprint density at radius 3 is 2.70 bits per heavy atom. The molecule has 0 bridgehead atoms. The Bertz CT molecular complexity index is 694. The van der Waals surface area contributed by atoms with Crippen LogP contribution in [-0.4, -0.2) is 14.9 Å². The fourth-order valence-electron chi connectivity index (χ4n) is 1.68. The van der Waals surface area contributed by atoms with Crippen LogP contribution in [0, 0.1) is 0 Å². The fraction of sp³-hybridized carbons (Fsp3) is 0.0769. The highest BCUT2D eigenvalue weighted by Gasteiger charge is 2.14. The highest BCUT2D eigenvalue weighted by molar-refractivity contribution is 7.98. The number of nitrogens with zero attached hydrogens (tertiary/aromatic N) is 3. The smallest absolute Gasteiger partial charge is 0.218 e. The fourth-order valence-corrected chi connectivity index (χ4v) is 2.62. The van der Waals surface area contributed by atoms with Gasteiger partial charge in [0.05, 0.1) is 6.26 Å². The zero-order valence-electron chi connectivity index (χ0n) is 10.4. The summed E-state index contributed by atoms with van der Waals surface area (Å²) >= 11 is 7.35. The second kappa shape index (κ2) is 5.60. The van der Waals surface area contributed by atoms with Crippen molar-refractivity contribution in [1.82, 2.24) is 14.9 Å². The molecule has 2 N–H and O–H groups in total. The summed E-state index contributed by atoms with van der Waals surface area (Å²) in [4.78, 5) is 0. The molecule has 3 rings (SSSR count). The Morgan fingerprint density at radius 2 is 2.00 bits per heavy atom. The SMILES string of the molecule is Nn1c(SCc2ccc(Cl)cc2)nnc1-c1ccco1. The maximum absolute atomic E-state index is 5.97. The minimum absolute atomic E-state index is 0.508. The van der Waals surface area contributed by atoms with Gasteiger partial charge < -0.3 is 10.3 Å². The molecule has 2 heterocycles. The first-order valence-corrected chi connectivity index (χ1v) is 7.22. The highest BCUT2D eigenvalue weighted by atomic mass is 35.5. The van der Waals surface area contributed by atoms with Gasteiger partial charge in [-0.15, -0.1) is 10.2 Å². The van der Waals surface area contributed by atoms with Gasteiger partial charge in [-0.2, -0.15) is 0 Å². The molecule has 3 aromatic rings. The number of nitrogens with two attached hydrogens (primary N) is 1. The molecular formula is C13H11ClN4OS. The number of furan rings is 1. The Balaban J connectivity index is 1.74. The van der Waals surface area contributed by atoms with Crippen LogP contribution >= 0.6 is 23.4 Å². The number of hydrogen-bond acceptors (Lipinski definition) is 5. The Morgan fingerprint density at radius 1 is 1.20 bits per heavy atom. The topological polar surface area (TPSA) is 69.9 Å². The molecule has 0 atom stereocenters. The van der Waals surface area contributed by atoms with Gasteiger partial charge in [0.2, 0.25) is 11.0 Å². The van der Waals surface area contributed by atoms with E-state index in [1.807, 2.05) is 24.3 Å². The largest absolute Gasteiger partial charge is 0.461 e. The van der Waals surface area contributed by atoms with Gasteiger partial charge in [-0.3, -0.25) is 0 Å². The van der Waals surface area contributed by atoms with Gasteiger partial charge in [-0.25, -0.2) is 4.68 Å². The standard InChI is InChI=1S/C13H11ClN4OS/c14-10-5-3-9(4-6-10)8-20-13-17-16-12(18(13)15)11-2-1-7-19-11/h1-7H,8,15H2. The second-order valence-electron chi connectivity index (χ2n) is 4.07. The zero-order valence-corrected chi connectivity index (χ0v) is 11.9. The first-order valence-electron chi connectivity index (χ1n) is 5.85. The third-order valence-electron chi connectivity index (χ3n) is 2.69. The van der Waals surface area contributed by atoms with Crippen molar-refractivity contribution in [3.05, 3.63) is 53.2 Å². The van der Waals surface area contributed by atoms with Crippen LogP contribution in [-0.2, 0) is 5.75 Å². The van der Waals surface area contributed by atoms with Gasteiger partial charge in [0, 0.05) is 10.8 Å². The van der Waals surface area contributed by atoms with Gasteiger partial charge in [0.1, 0.15) is 0 Å². The van der Waals surface area contributed by atoms with E-state index in [0.717, 1.165) is 16.3 Å². The van der Waals surface area contributed by atoms with Crippen LogP contribution in [0.5, 0.6) is 0 Å². The van der Waals surface area contributed by atoms with Crippen LogP contribution in [0.4, 0.5) is 0 Å². The van der Waals surface area contributed by atoms with Crippen molar-refractivity contribution in [1.29, 1.82) is 0 Å². The number of rotatable bonds is 4. The molecule has 0 saturated heterocycles. The number of aromatic nitrogens is 3. The molecule has 20 heavy (non-hydrogen) atoms. The van der Waals surface area contributed by atoms with Gasteiger partial charge in [0.15, 0.2) is 5.76 Å². The van der Waals surface area contributed by atoms with Crippen molar-refractivity contribution in [3.8, 4) is 11.6 Å². The van der Waals surface area contributed by atoms with Crippen molar-refractivity contribution >= 4 is 23.4 Å². The highest BCUT2D eigenvalue weighted by Crippen LogP contribution is 2.24. The molecule has 0 aliphatic heterocycles. The number of thioether (sulfide) groups is 1. The number of halogens is 1. The summed E-state index contributed by atoms with van der Waals surface area (Å²) in [6.45, 7) is 0. The van der Waals surface area contributed by atoms with Crippen LogP contribution in [0.2, 0.25) is 5.02 Å². The van der Waals surface area contributed by atoms with Crippen LogP contribution in [0.25, 0.3) is 11.6 Å². The molecule has 1 aromatic carbocycles. The Hall–Kier alpha value is -1.92. The molecule has 5 nitrogen and oxygen atoms in total. The minimum atomic E-state index is 0.508. The predicted molar refractivity (Wildman–Crippen MR) is 78.9 cm³/mol. The van der Waals surface area contributed by atoms with Crippen LogP contribution < -0.4 is 5.84 Å². The first kappa shape index (κ1) is 13.1. The third kappa shape index (κ3) is 2.66. The van der Waals surface area contributed by atoms with E-state index in [2.05, 4.69) is 10.2 Å². The molecule has 102 valence electrons. The van der Waals surface area contributed by atoms with Crippen molar-refractivity contribution < 1.29 is 4.42 Å². The average molecular weight is 307 g/mol. The van der Waals surface area contributed by atoms with Crippen molar-refractivity contribution in [3.63, 3.8) is 0 Å². The quantitative estimate of drug-likeness (QED) is 0.592. The van der Waals surface area contributed by atoms with Crippen molar-refractivity contribution in [2.45, 2.75) is 10.9 Å². The van der Waals surface area contributed by atoms with E-state index < -0.39 is 0 Å². The normalized spacial score (nSPS) is 10.8. The lowest BCUT2D eigenvalue weighted by Crippen LogP contribution is -2.11. The van der Waals surface area contributed by atoms with E-state index in [-0.39, 0.29) is 0 Å². The molecule has 0 aliphatic rings. The van der Waals surface area contributed by atoms with E-state index >= 15 is 0 Å². The number of benzene rings is 1. The molecule has 2 aromatic heterocycles. The monoisotopic (exact) mass is 306 g/mol. The maximum Gasteiger partial charge on any atom is 0.218 e. The van der Waals surface area contributed by atoms with Gasteiger partial charge in [-0.05, 0) is 29.8 Å². The first-order chi connectivity index (χ1) is 9.74. The number of nitrogen functional groups attached to an aromatic ring is 1.